The lowest BCUT2D eigenvalue weighted by molar-refractivity contribution is -0.129. The van der Waals surface area contributed by atoms with Crippen LogP contribution in [0.4, 0.5) is 0 Å². The number of hydrogen-bond donors (Lipinski definition) is 1. The molecule has 0 spiro atoms. The van der Waals surface area contributed by atoms with Gasteiger partial charge in [0.05, 0.1) is 31.1 Å². The van der Waals surface area contributed by atoms with Crippen molar-refractivity contribution in [2.24, 2.45) is 0 Å². The fourth-order valence-corrected chi connectivity index (χ4v) is 3.62. The van der Waals surface area contributed by atoms with Gasteiger partial charge in [0.15, 0.2) is 11.5 Å². The van der Waals surface area contributed by atoms with Gasteiger partial charge in [-0.1, -0.05) is 0 Å². The molecule has 0 radical (unpaired) electrons. The number of aliphatic hydroxyl groups excluding tert-OH is 1. The number of pyridine rings is 1. The van der Waals surface area contributed by atoms with Crippen molar-refractivity contribution in [3.8, 4) is 0 Å². The van der Waals surface area contributed by atoms with Crippen LogP contribution in [0.25, 0.3) is 0 Å². The molecule has 4 rings (SSSR count). The van der Waals surface area contributed by atoms with E-state index >= 15 is 0 Å². The Morgan fingerprint density at radius 3 is 2.61 bits per heavy atom. The van der Waals surface area contributed by atoms with Gasteiger partial charge >= 0.3 is 0 Å². The van der Waals surface area contributed by atoms with Gasteiger partial charge in [-0.15, -0.1) is 0 Å². The molecule has 2 aromatic heterocycles. The van der Waals surface area contributed by atoms with Crippen molar-refractivity contribution in [1.29, 1.82) is 0 Å². The number of aliphatic hydroxyl groups is 1. The number of rotatable bonds is 6. The van der Waals surface area contributed by atoms with Crippen LogP contribution in [0.2, 0.25) is 0 Å². The van der Waals surface area contributed by atoms with Crippen molar-refractivity contribution >= 4 is 11.7 Å². The molecule has 8 nitrogen and oxygen atoms in total. The fraction of sp³-hybridized carbons (Fsp3) is 0.350. The smallest absolute Gasteiger partial charge is 0.290 e. The van der Waals surface area contributed by atoms with Crippen LogP contribution in [-0.4, -0.2) is 71.0 Å². The Balaban J connectivity index is 1.64. The Kier molecular flexibility index (Phi) is 5.23. The largest absolute Gasteiger partial charge is 0.503 e. The highest BCUT2D eigenvalue weighted by Gasteiger charge is 2.44. The van der Waals surface area contributed by atoms with Crippen LogP contribution >= 0.6 is 0 Å². The molecule has 28 heavy (non-hydrogen) atoms. The first-order valence-corrected chi connectivity index (χ1v) is 9.19. The zero-order valence-electron chi connectivity index (χ0n) is 15.3. The first kappa shape index (κ1) is 18.4. The van der Waals surface area contributed by atoms with E-state index < -0.39 is 23.5 Å². The molecule has 2 aliphatic heterocycles. The Bertz CT molecular complexity index is 873. The zero-order chi connectivity index (χ0) is 19.5. The molecule has 1 atom stereocenters. The highest BCUT2D eigenvalue weighted by molar-refractivity contribution is 6.14. The third kappa shape index (κ3) is 3.44. The van der Waals surface area contributed by atoms with Gasteiger partial charge in [-0.25, -0.2) is 0 Å². The minimum absolute atomic E-state index is 0.0353. The minimum Gasteiger partial charge on any atom is -0.503 e. The van der Waals surface area contributed by atoms with E-state index in [0.717, 1.165) is 13.1 Å². The number of hydrogen-bond acceptors (Lipinski definition) is 7. The highest BCUT2D eigenvalue weighted by atomic mass is 16.5. The van der Waals surface area contributed by atoms with Crippen LogP contribution in [0.3, 0.4) is 0 Å². The Morgan fingerprint density at radius 1 is 1.18 bits per heavy atom. The number of morpholine rings is 1. The Labute approximate surface area is 162 Å². The van der Waals surface area contributed by atoms with Crippen LogP contribution in [0.1, 0.15) is 22.2 Å². The van der Waals surface area contributed by atoms with Crippen LogP contribution in [0.5, 0.6) is 0 Å². The van der Waals surface area contributed by atoms with E-state index in [1.165, 1.54) is 17.2 Å². The quantitative estimate of drug-likeness (QED) is 0.757. The second kappa shape index (κ2) is 7.95. The van der Waals surface area contributed by atoms with E-state index in [4.69, 9.17) is 9.15 Å². The molecule has 0 aromatic carbocycles. The SMILES string of the molecule is O=C(C1=C(O)C(=O)N(CCN2CCOCC2)[C@@H]1c1ccncc1)c1ccco1. The summed E-state index contributed by atoms with van der Waals surface area (Å²) in [6, 6.07) is 5.92. The molecule has 1 saturated heterocycles. The number of ether oxygens (including phenoxy) is 1. The predicted molar refractivity (Wildman–Crippen MR) is 98.6 cm³/mol. The summed E-state index contributed by atoms with van der Waals surface area (Å²) in [6.07, 6.45) is 4.59. The fourth-order valence-electron chi connectivity index (χ4n) is 3.62. The standard InChI is InChI=1S/C20H21N3O5/c24-18(15-2-1-11-28-15)16-17(14-3-5-21-6-4-14)23(20(26)19(16)25)8-7-22-9-12-27-13-10-22/h1-6,11,17,25H,7-10,12-13H2/t17-/m1/s1. The summed E-state index contributed by atoms with van der Waals surface area (Å²) in [5, 5.41) is 10.5. The van der Waals surface area contributed by atoms with Crippen molar-refractivity contribution in [3.63, 3.8) is 0 Å². The first-order valence-electron chi connectivity index (χ1n) is 9.19. The molecule has 2 aliphatic rings. The molecule has 0 unspecified atom stereocenters. The van der Waals surface area contributed by atoms with Gasteiger partial charge in [0.25, 0.3) is 5.91 Å². The normalized spacial score (nSPS) is 20.8. The van der Waals surface area contributed by atoms with E-state index in [1.807, 2.05) is 0 Å². The van der Waals surface area contributed by atoms with E-state index in [1.54, 1.807) is 30.6 Å². The second-order valence-corrected chi connectivity index (χ2v) is 6.70. The monoisotopic (exact) mass is 383 g/mol. The maximum Gasteiger partial charge on any atom is 0.290 e. The number of carbonyl (C=O) groups is 2. The molecule has 1 fully saturated rings. The summed E-state index contributed by atoms with van der Waals surface area (Å²) in [5.74, 6) is -1.48. The maximum atomic E-state index is 13.0. The minimum atomic E-state index is -0.686. The van der Waals surface area contributed by atoms with Gasteiger partial charge in [0.1, 0.15) is 0 Å². The van der Waals surface area contributed by atoms with E-state index in [0.29, 0.717) is 31.9 Å². The first-order chi connectivity index (χ1) is 13.7. The summed E-state index contributed by atoms with van der Waals surface area (Å²) in [6.45, 7) is 3.91. The summed E-state index contributed by atoms with van der Waals surface area (Å²) in [7, 11) is 0. The number of furan rings is 1. The summed E-state index contributed by atoms with van der Waals surface area (Å²) in [5.41, 5.74) is 0.748. The highest BCUT2D eigenvalue weighted by Crippen LogP contribution is 2.38. The summed E-state index contributed by atoms with van der Waals surface area (Å²) < 4.78 is 10.6. The maximum absolute atomic E-state index is 13.0. The summed E-state index contributed by atoms with van der Waals surface area (Å²) >= 11 is 0. The third-order valence-corrected chi connectivity index (χ3v) is 5.08. The van der Waals surface area contributed by atoms with Crippen LogP contribution in [-0.2, 0) is 9.53 Å². The van der Waals surface area contributed by atoms with E-state index in [-0.39, 0.29) is 11.3 Å². The number of aromatic nitrogens is 1. The van der Waals surface area contributed by atoms with Crippen molar-refractivity contribution in [1.82, 2.24) is 14.8 Å². The topological polar surface area (TPSA) is 96.1 Å². The molecule has 0 saturated carbocycles. The molecule has 146 valence electrons. The van der Waals surface area contributed by atoms with Crippen LogP contribution in [0.15, 0.2) is 58.7 Å². The van der Waals surface area contributed by atoms with Gasteiger partial charge < -0.3 is 19.2 Å². The van der Waals surface area contributed by atoms with Gasteiger partial charge in [-0.2, -0.15) is 0 Å². The number of ketones is 1. The third-order valence-electron chi connectivity index (χ3n) is 5.08. The molecule has 8 heteroatoms. The second-order valence-electron chi connectivity index (χ2n) is 6.70. The summed E-state index contributed by atoms with van der Waals surface area (Å²) in [4.78, 5) is 33.5. The van der Waals surface area contributed by atoms with Crippen molar-refractivity contribution in [2.45, 2.75) is 6.04 Å². The molecule has 1 N–H and O–H groups in total. The van der Waals surface area contributed by atoms with Crippen molar-refractivity contribution < 1.29 is 23.8 Å². The van der Waals surface area contributed by atoms with E-state index in [9.17, 15) is 14.7 Å². The lowest BCUT2D eigenvalue weighted by Gasteiger charge is -2.31. The van der Waals surface area contributed by atoms with Gasteiger partial charge in [-0.3, -0.25) is 19.5 Å². The Hall–Kier alpha value is -2.97. The average molecular weight is 383 g/mol. The molecule has 4 heterocycles. The van der Waals surface area contributed by atoms with E-state index in [2.05, 4.69) is 9.88 Å². The van der Waals surface area contributed by atoms with Crippen LogP contribution in [0, 0.1) is 0 Å². The Morgan fingerprint density at radius 2 is 1.93 bits per heavy atom. The number of nitrogens with zero attached hydrogens (tertiary/aromatic N) is 3. The molecule has 0 bridgehead atoms. The predicted octanol–water partition coefficient (Wildman–Crippen LogP) is 1.59. The molecule has 1 amide bonds. The molecular weight excluding hydrogens is 362 g/mol. The van der Waals surface area contributed by atoms with Crippen molar-refractivity contribution in [3.05, 3.63) is 65.6 Å². The van der Waals surface area contributed by atoms with Crippen LogP contribution < -0.4 is 0 Å². The number of carbonyl (C=O) groups excluding carboxylic acids is 2. The van der Waals surface area contributed by atoms with Gasteiger partial charge in [0.2, 0.25) is 5.78 Å². The van der Waals surface area contributed by atoms with Crippen molar-refractivity contribution in [2.75, 3.05) is 39.4 Å². The lowest BCUT2D eigenvalue weighted by Crippen LogP contribution is -2.43. The lowest BCUT2D eigenvalue weighted by atomic mass is 9.96. The van der Waals surface area contributed by atoms with Gasteiger partial charge in [0, 0.05) is 38.6 Å². The number of amides is 1. The van der Waals surface area contributed by atoms with Gasteiger partial charge in [-0.05, 0) is 29.8 Å². The molecule has 0 aliphatic carbocycles. The molecular formula is C20H21N3O5. The number of Topliss-reactive ketones (excluding diaryl/α,β-unsaturated/α-hetero) is 1. The zero-order valence-corrected chi connectivity index (χ0v) is 15.3. The average Bonchev–Trinajstić information content (AvgIpc) is 3.36. The molecule has 2 aromatic rings.